The highest BCUT2D eigenvalue weighted by Crippen LogP contribution is 2.34. The molecule has 0 N–H and O–H groups in total. The molecule has 2 saturated heterocycles. The monoisotopic (exact) mass is 446 g/mol. The normalized spacial score (nSPS) is 27.2. The Kier molecular flexibility index (Phi) is 6.90. The summed E-state index contributed by atoms with van der Waals surface area (Å²) < 4.78 is 30.1. The third-order valence-electron chi connectivity index (χ3n) is 5.76. The Morgan fingerprint density at radius 2 is 1.30 bits per heavy atom. The SMILES string of the molecule is O=C1[C@H](OCc2ccccc2)O[C@@H]2CO[C@@H](c3ccccc3)O[C@H]2[C@@H]1OCc1ccccc1. The summed E-state index contributed by atoms with van der Waals surface area (Å²) >= 11 is 0. The maximum absolute atomic E-state index is 13.4. The molecule has 170 valence electrons. The van der Waals surface area contributed by atoms with Gasteiger partial charge < -0.3 is 23.7 Å². The van der Waals surface area contributed by atoms with Crippen molar-refractivity contribution >= 4 is 5.78 Å². The van der Waals surface area contributed by atoms with Gasteiger partial charge in [-0.05, 0) is 11.1 Å². The van der Waals surface area contributed by atoms with Crippen molar-refractivity contribution in [3.63, 3.8) is 0 Å². The lowest BCUT2D eigenvalue weighted by atomic mass is 9.98. The van der Waals surface area contributed by atoms with E-state index in [0.717, 1.165) is 16.7 Å². The molecule has 0 amide bonds. The molecule has 5 rings (SSSR count). The Labute approximate surface area is 193 Å². The molecule has 2 fully saturated rings. The summed E-state index contributed by atoms with van der Waals surface area (Å²) in [6.07, 6.45) is -3.55. The molecule has 3 aromatic carbocycles. The number of ketones is 1. The largest absolute Gasteiger partial charge is 0.363 e. The molecule has 0 unspecified atom stereocenters. The Morgan fingerprint density at radius 3 is 1.94 bits per heavy atom. The average Bonchev–Trinajstić information content (AvgIpc) is 2.88. The second-order valence-electron chi connectivity index (χ2n) is 8.10. The fourth-order valence-corrected chi connectivity index (χ4v) is 4.04. The first-order chi connectivity index (χ1) is 16.3. The standard InChI is InChI=1S/C27H26O6/c28-23-25(29-16-19-10-4-1-5-11-19)24-22(18-31-26(33-24)21-14-8-3-9-15-21)32-27(23)30-17-20-12-6-2-7-13-20/h1-15,22,24-27H,16-18H2/t22-,24-,25-,26-,27-/m1/s1. The second kappa shape index (κ2) is 10.4. The minimum absolute atomic E-state index is 0.258. The molecular weight excluding hydrogens is 420 g/mol. The summed E-state index contributed by atoms with van der Waals surface area (Å²) in [6.45, 7) is 0.814. The number of fused-ring (bicyclic) bond motifs is 1. The lowest BCUT2D eigenvalue weighted by molar-refractivity contribution is -0.324. The summed E-state index contributed by atoms with van der Waals surface area (Å²) in [5, 5.41) is 0. The molecule has 5 atom stereocenters. The maximum Gasteiger partial charge on any atom is 0.221 e. The third kappa shape index (κ3) is 5.21. The highest BCUT2D eigenvalue weighted by Gasteiger charge is 2.50. The molecule has 0 bridgehead atoms. The molecule has 0 radical (unpaired) electrons. The van der Waals surface area contributed by atoms with Crippen LogP contribution in [0.4, 0.5) is 0 Å². The van der Waals surface area contributed by atoms with E-state index in [1.54, 1.807) is 0 Å². The van der Waals surface area contributed by atoms with E-state index in [9.17, 15) is 4.79 Å². The Hall–Kier alpha value is -2.87. The van der Waals surface area contributed by atoms with Gasteiger partial charge in [-0.25, -0.2) is 0 Å². The number of carbonyl (C=O) groups is 1. The second-order valence-corrected chi connectivity index (χ2v) is 8.10. The lowest BCUT2D eigenvalue weighted by Crippen LogP contribution is -2.61. The highest BCUT2D eigenvalue weighted by molar-refractivity contribution is 5.87. The Bertz CT molecular complexity index is 1030. The van der Waals surface area contributed by atoms with Crippen LogP contribution in [0.15, 0.2) is 91.0 Å². The first-order valence-electron chi connectivity index (χ1n) is 11.1. The first kappa shape index (κ1) is 21.9. The van der Waals surface area contributed by atoms with Crippen LogP contribution < -0.4 is 0 Å². The maximum atomic E-state index is 13.4. The third-order valence-corrected chi connectivity index (χ3v) is 5.76. The summed E-state index contributed by atoms with van der Waals surface area (Å²) in [6, 6.07) is 29.1. The van der Waals surface area contributed by atoms with Crippen LogP contribution in [-0.2, 0) is 41.7 Å². The van der Waals surface area contributed by atoms with Gasteiger partial charge in [-0.15, -0.1) is 0 Å². The van der Waals surface area contributed by atoms with E-state index in [2.05, 4.69) is 0 Å². The van der Waals surface area contributed by atoms with Crippen molar-refractivity contribution in [3.8, 4) is 0 Å². The highest BCUT2D eigenvalue weighted by atomic mass is 16.8. The molecule has 3 aromatic rings. The zero-order chi connectivity index (χ0) is 22.5. The predicted octanol–water partition coefficient (Wildman–Crippen LogP) is 4.20. The smallest absolute Gasteiger partial charge is 0.221 e. The molecule has 0 spiro atoms. The minimum Gasteiger partial charge on any atom is -0.363 e. The summed E-state index contributed by atoms with van der Waals surface area (Å²) in [4.78, 5) is 13.4. The Morgan fingerprint density at radius 1 is 0.727 bits per heavy atom. The minimum atomic E-state index is -1.05. The molecule has 33 heavy (non-hydrogen) atoms. The van der Waals surface area contributed by atoms with Gasteiger partial charge in [0.15, 0.2) is 12.4 Å². The number of carbonyl (C=O) groups excluding carboxylic acids is 1. The van der Waals surface area contributed by atoms with Gasteiger partial charge in [0.25, 0.3) is 0 Å². The zero-order valence-electron chi connectivity index (χ0n) is 18.1. The van der Waals surface area contributed by atoms with Crippen molar-refractivity contribution in [1.29, 1.82) is 0 Å². The van der Waals surface area contributed by atoms with Crippen LogP contribution in [0.1, 0.15) is 23.0 Å². The van der Waals surface area contributed by atoms with E-state index in [-0.39, 0.29) is 25.6 Å². The van der Waals surface area contributed by atoms with Gasteiger partial charge in [0, 0.05) is 5.56 Å². The van der Waals surface area contributed by atoms with Crippen molar-refractivity contribution in [2.45, 2.75) is 44.1 Å². The van der Waals surface area contributed by atoms with Crippen molar-refractivity contribution in [1.82, 2.24) is 0 Å². The van der Waals surface area contributed by atoms with Crippen LogP contribution in [0.5, 0.6) is 0 Å². The summed E-state index contributed by atoms with van der Waals surface area (Å²) in [5.41, 5.74) is 2.81. The van der Waals surface area contributed by atoms with Gasteiger partial charge in [0.1, 0.15) is 12.2 Å². The van der Waals surface area contributed by atoms with Crippen LogP contribution in [0, 0.1) is 0 Å². The van der Waals surface area contributed by atoms with Gasteiger partial charge >= 0.3 is 0 Å². The molecule has 0 aliphatic carbocycles. The van der Waals surface area contributed by atoms with Crippen molar-refractivity contribution in [2.75, 3.05) is 6.61 Å². The van der Waals surface area contributed by atoms with Gasteiger partial charge in [0.05, 0.1) is 19.8 Å². The van der Waals surface area contributed by atoms with E-state index in [4.69, 9.17) is 23.7 Å². The fourth-order valence-electron chi connectivity index (χ4n) is 4.04. The number of rotatable bonds is 7. The number of benzene rings is 3. The van der Waals surface area contributed by atoms with Gasteiger partial charge in [0.2, 0.25) is 12.1 Å². The molecular formula is C27H26O6. The molecule has 2 aliphatic heterocycles. The first-order valence-corrected chi connectivity index (χ1v) is 11.1. The number of Topliss-reactive ketones (excluding diaryl/α,β-unsaturated/α-hetero) is 1. The van der Waals surface area contributed by atoms with Crippen LogP contribution in [0.25, 0.3) is 0 Å². The van der Waals surface area contributed by atoms with E-state index in [1.807, 2.05) is 91.0 Å². The van der Waals surface area contributed by atoms with Crippen LogP contribution in [0.2, 0.25) is 0 Å². The number of ether oxygens (including phenoxy) is 5. The van der Waals surface area contributed by atoms with Crippen molar-refractivity contribution in [2.24, 2.45) is 0 Å². The van der Waals surface area contributed by atoms with Gasteiger partial charge in [-0.3, -0.25) is 4.79 Å². The molecule has 6 heteroatoms. The van der Waals surface area contributed by atoms with Crippen molar-refractivity contribution < 1.29 is 28.5 Å². The topological polar surface area (TPSA) is 63.2 Å². The van der Waals surface area contributed by atoms with Gasteiger partial charge in [-0.1, -0.05) is 91.0 Å². The number of hydrogen-bond acceptors (Lipinski definition) is 6. The molecule has 6 nitrogen and oxygen atoms in total. The predicted molar refractivity (Wildman–Crippen MR) is 120 cm³/mol. The van der Waals surface area contributed by atoms with E-state index < -0.39 is 30.9 Å². The fraction of sp³-hybridized carbons (Fsp3) is 0.296. The van der Waals surface area contributed by atoms with Crippen LogP contribution in [0.3, 0.4) is 0 Å². The molecule has 2 heterocycles. The summed E-state index contributed by atoms with van der Waals surface area (Å²) in [7, 11) is 0. The van der Waals surface area contributed by atoms with E-state index in [1.165, 1.54) is 0 Å². The van der Waals surface area contributed by atoms with Crippen LogP contribution in [-0.4, -0.2) is 37.0 Å². The van der Waals surface area contributed by atoms with Gasteiger partial charge in [-0.2, -0.15) is 0 Å². The quantitative estimate of drug-likeness (QED) is 0.542. The van der Waals surface area contributed by atoms with E-state index in [0.29, 0.717) is 0 Å². The Balaban J connectivity index is 1.33. The molecule has 2 aliphatic rings. The van der Waals surface area contributed by atoms with Crippen molar-refractivity contribution in [3.05, 3.63) is 108 Å². The van der Waals surface area contributed by atoms with E-state index >= 15 is 0 Å². The zero-order valence-corrected chi connectivity index (χ0v) is 18.1. The number of hydrogen-bond donors (Lipinski definition) is 0. The molecule has 0 saturated carbocycles. The summed E-state index contributed by atoms with van der Waals surface area (Å²) in [5.74, 6) is -0.281. The van der Waals surface area contributed by atoms with Crippen LogP contribution >= 0.6 is 0 Å². The lowest BCUT2D eigenvalue weighted by Gasteiger charge is -2.44. The molecule has 0 aromatic heterocycles. The average molecular weight is 446 g/mol.